The predicted molar refractivity (Wildman–Crippen MR) is 109 cm³/mol. The third-order valence-corrected chi connectivity index (χ3v) is 5.34. The second-order valence-corrected chi connectivity index (χ2v) is 6.89. The smallest absolute Gasteiger partial charge is 0.241 e. The van der Waals surface area contributed by atoms with Crippen LogP contribution < -0.4 is 11.1 Å². The zero-order chi connectivity index (χ0) is 16.1. The normalized spacial score (nSPS) is 16.4. The van der Waals surface area contributed by atoms with E-state index >= 15 is 0 Å². The van der Waals surface area contributed by atoms with Gasteiger partial charge in [0.2, 0.25) is 5.91 Å². The molecule has 1 saturated heterocycles. The Bertz CT molecular complexity index is 619. The monoisotopic (exact) mass is 401 g/mol. The molecule has 1 amide bonds. The van der Waals surface area contributed by atoms with Gasteiger partial charge in [-0.05, 0) is 42.9 Å². The summed E-state index contributed by atoms with van der Waals surface area (Å²) in [6.45, 7) is 2.81. The van der Waals surface area contributed by atoms with Crippen LogP contribution in [0.4, 0.5) is 0 Å². The van der Waals surface area contributed by atoms with Crippen LogP contribution in [-0.2, 0) is 4.79 Å². The topological polar surface area (TPSA) is 58.4 Å². The predicted octanol–water partition coefficient (Wildman–Crippen LogP) is 3.54. The number of carbonyl (C=O) groups excluding carboxylic acids is 1. The Labute approximate surface area is 165 Å². The molecule has 3 N–H and O–H groups in total. The standard InChI is InChI=1S/C18H23N3OS.2ClH/c19-17(14-7-2-1-3-8-14)18(22)20-13-15(16-9-6-12-23-16)21-10-4-5-11-21;;/h1-3,6-9,12,15,17H,4-5,10-11,13,19H2,(H,20,22);2*1H. The van der Waals surface area contributed by atoms with Crippen molar-refractivity contribution in [2.45, 2.75) is 24.9 Å². The number of likely N-dealkylation sites (tertiary alicyclic amines) is 1. The van der Waals surface area contributed by atoms with Crippen molar-refractivity contribution in [3.05, 3.63) is 58.3 Å². The quantitative estimate of drug-likeness (QED) is 0.777. The van der Waals surface area contributed by atoms with Crippen molar-refractivity contribution in [2.75, 3.05) is 19.6 Å². The van der Waals surface area contributed by atoms with Gasteiger partial charge in [0.1, 0.15) is 6.04 Å². The average Bonchev–Trinajstić information content (AvgIpc) is 3.29. The Morgan fingerprint density at radius 3 is 2.40 bits per heavy atom. The van der Waals surface area contributed by atoms with E-state index in [2.05, 4.69) is 27.7 Å². The second-order valence-electron chi connectivity index (χ2n) is 5.91. The summed E-state index contributed by atoms with van der Waals surface area (Å²) >= 11 is 1.75. The molecular formula is C18H25Cl2N3OS. The molecule has 1 aliphatic heterocycles. The van der Waals surface area contributed by atoms with Gasteiger partial charge in [0, 0.05) is 11.4 Å². The van der Waals surface area contributed by atoms with E-state index in [1.165, 1.54) is 17.7 Å². The fourth-order valence-corrected chi connectivity index (χ4v) is 3.92. The van der Waals surface area contributed by atoms with Crippen LogP contribution in [0.5, 0.6) is 0 Å². The number of thiophene rings is 1. The van der Waals surface area contributed by atoms with Gasteiger partial charge in [0.15, 0.2) is 0 Å². The van der Waals surface area contributed by atoms with Crippen LogP contribution in [0.2, 0.25) is 0 Å². The third kappa shape index (κ3) is 5.69. The minimum Gasteiger partial charge on any atom is -0.352 e. The Hall–Kier alpha value is -1.11. The molecule has 2 atom stereocenters. The number of halogens is 2. The van der Waals surface area contributed by atoms with E-state index in [1.54, 1.807) is 11.3 Å². The van der Waals surface area contributed by atoms with E-state index < -0.39 is 6.04 Å². The van der Waals surface area contributed by atoms with Crippen LogP contribution in [0.15, 0.2) is 47.8 Å². The molecular weight excluding hydrogens is 377 g/mol. The summed E-state index contributed by atoms with van der Waals surface area (Å²) in [6, 6.07) is 13.4. The summed E-state index contributed by atoms with van der Waals surface area (Å²) in [7, 11) is 0. The van der Waals surface area contributed by atoms with Crippen molar-refractivity contribution in [2.24, 2.45) is 5.73 Å². The Balaban J connectivity index is 0.00000156. The first-order valence-electron chi connectivity index (χ1n) is 8.11. The molecule has 0 saturated carbocycles. The van der Waals surface area contributed by atoms with Crippen molar-refractivity contribution in [3.63, 3.8) is 0 Å². The fraction of sp³-hybridized carbons (Fsp3) is 0.389. The van der Waals surface area contributed by atoms with Crippen molar-refractivity contribution < 1.29 is 4.79 Å². The molecule has 0 bridgehead atoms. The van der Waals surface area contributed by atoms with E-state index in [9.17, 15) is 4.79 Å². The van der Waals surface area contributed by atoms with Gasteiger partial charge in [0.25, 0.3) is 0 Å². The van der Waals surface area contributed by atoms with Gasteiger partial charge in [0.05, 0.1) is 6.04 Å². The second kappa shape index (κ2) is 10.8. The largest absolute Gasteiger partial charge is 0.352 e. The molecule has 0 spiro atoms. The number of nitrogens with one attached hydrogen (secondary N) is 1. The first-order chi connectivity index (χ1) is 11.3. The summed E-state index contributed by atoms with van der Waals surface area (Å²) < 4.78 is 0. The van der Waals surface area contributed by atoms with Crippen molar-refractivity contribution in [1.29, 1.82) is 0 Å². The van der Waals surface area contributed by atoms with Gasteiger partial charge in [-0.3, -0.25) is 9.69 Å². The molecule has 2 heterocycles. The number of nitrogens with two attached hydrogens (primary N) is 1. The molecule has 3 rings (SSSR count). The molecule has 1 aliphatic rings. The molecule has 7 heteroatoms. The Morgan fingerprint density at radius 1 is 1.12 bits per heavy atom. The van der Waals surface area contributed by atoms with Crippen LogP contribution in [0.1, 0.15) is 35.4 Å². The summed E-state index contributed by atoms with van der Waals surface area (Å²) in [4.78, 5) is 16.1. The first-order valence-corrected chi connectivity index (χ1v) is 8.99. The lowest BCUT2D eigenvalue weighted by molar-refractivity contribution is -0.122. The van der Waals surface area contributed by atoms with Gasteiger partial charge >= 0.3 is 0 Å². The van der Waals surface area contributed by atoms with Gasteiger partial charge in [-0.2, -0.15) is 0 Å². The first kappa shape index (κ1) is 21.9. The Morgan fingerprint density at radius 2 is 1.80 bits per heavy atom. The summed E-state index contributed by atoms with van der Waals surface area (Å²) in [5.74, 6) is -0.114. The van der Waals surface area contributed by atoms with Crippen LogP contribution in [-0.4, -0.2) is 30.4 Å². The maximum absolute atomic E-state index is 12.4. The van der Waals surface area contributed by atoms with Crippen LogP contribution in [0, 0.1) is 0 Å². The summed E-state index contributed by atoms with van der Waals surface area (Å²) in [5.41, 5.74) is 6.92. The SMILES string of the molecule is Cl.Cl.NC(C(=O)NCC(c1cccs1)N1CCCC1)c1ccccc1. The van der Waals surface area contributed by atoms with Gasteiger partial charge < -0.3 is 11.1 Å². The molecule has 25 heavy (non-hydrogen) atoms. The molecule has 1 aromatic heterocycles. The zero-order valence-corrected chi connectivity index (χ0v) is 16.4. The molecule has 1 aromatic carbocycles. The summed E-state index contributed by atoms with van der Waals surface area (Å²) in [5, 5.41) is 5.14. The lowest BCUT2D eigenvalue weighted by Crippen LogP contribution is -2.40. The fourth-order valence-electron chi connectivity index (χ4n) is 3.06. The van der Waals surface area contributed by atoms with Gasteiger partial charge in [-0.15, -0.1) is 36.2 Å². The highest BCUT2D eigenvalue weighted by molar-refractivity contribution is 7.10. The molecule has 4 nitrogen and oxygen atoms in total. The number of rotatable bonds is 6. The minimum atomic E-state index is -0.612. The van der Waals surface area contributed by atoms with Gasteiger partial charge in [-0.1, -0.05) is 36.4 Å². The van der Waals surface area contributed by atoms with E-state index in [-0.39, 0.29) is 36.8 Å². The van der Waals surface area contributed by atoms with Crippen LogP contribution in [0.25, 0.3) is 0 Å². The number of carbonyl (C=O) groups is 1. The lowest BCUT2D eigenvalue weighted by Gasteiger charge is -2.27. The summed E-state index contributed by atoms with van der Waals surface area (Å²) in [6.07, 6.45) is 2.47. The molecule has 2 aromatic rings. The third-order valence-electron chi connectivity index (χ3n) is 4.36. The average molecular weight is 402 g/mol. The maximum atomic E-state index is 12.4. The number of benzene rings is 1. The van der Waals surface area contributed by atoms with Crippen LogP contribution >= 0.6 is 36.2 Å². The van der Waals surface area contributed by atoms with E-state index in [1.807, 2.05) is 30.3 Å². The number of amides is 1. The Kier molecular flexibility index (Phi) is 9.46. The highest BCUT2D eigenvalue weighted by atomic mass is 35.5. The van der Waals surface area contributed by atoms with Gasteiger partial charge in [-0.25, -0.2) is 0 Å². The van der Waals surface area contributed by atoms with E-state index in [0.29, 0.717) is 6.54 Å². The van der Waals surface area contributed by atoms with Crippen molar-refractivity contribution in [3.8, 4) is 0 Å². The molecule has 2 unspecified atom stereocenters. The zero-order valence-electron chi connectivity index (χ0n) is 14.0. The molecule has 138 valence electrons. The highest BCUT2D eigenvalue weighted by Crippen LogP contribution is 2.28. The van der Waals surface area contributed by atoms with E-state index in [0.717, 1.165) is 18.7 Å². The number of nitrogens with zero attached hydrogens (tertiary/aromatic N) is 1. The molecule has 0 radical (unpaired) electrons. The molecule has 1 fully saturated rings. The number of hydrogen-bond acceptors (Lipinski definition) is 4. The van der Waals surface area contributed by atoms with Crippen LogP contribution in [0.3, 0.4) is 0 Å². The highest BCUT2D eigenvalue weighted by Gasteiger charge is 2.25. The maximum Gasteiger partial charge on any atom is 0.241 e. The van der Waals surface area contributed by atoms with Crippen molar-refractivity contribution in [1.82, 2.24) is 10.2 Å². The molecule has 0 aliphatic carbocycles. The lowest BCUT2D eigenvalue weighted by atomic mass is 10.1. The van der Waals surface area contributed by atoms with E-state index in [4.69, 9.17) is 5.73 Å². The number of hydrogen-bond donors (Lipinski definition) is 2. The van der Waals surface area contributed by atoms with Crippen molar-refractivity contribution >= 4 is 42.1 Å². The minimum absolute atomic E-state index is 0.